The molecule has 2 rings (SSSR count). The fraction of sp³-hybridized carbons (Fsp3) is 0.333. The van der Waals surface area contributed by atoms with Gasteiger partial charge in [-0.1, -0.05) is 13.0 Å². The summed E-state index contributed by atoms with van der Waals surface area (Å²) in [6.07, 6.45) is 4.42. The zero-order chi connectivity index (χ0) is 15.2. The van der Waals surface area contributed by atoms with Crippen LogP contribution in [-0.4, -0.2) is 28.5 Å². The minimum atomic E-state index is -0.631. The van der Waals surface area contributed by atoms with Crippen LogP contribution in [0.1, 0.15) is 28.5 Å². The second-order valence-electron chi connectivity index (χ2n) is 4.81. The molecular weight excluding hydrogens is 271 g/mol. The number of carbonyl (C=O) groups excluding carboxylic acids is 1. The summed E-state index contributed by atoms with van der Waals surface area (Å²) < 4.78 is 15.7. The Balaban J connectivity index is 2.03. The summed E-state index contributed by atoms with van der Waals surface area (Å²) in [6, 6.07) is 4.28. The molecule has 0 radical (unpaired) electrons. The van der Waals surface area contributed by atoms with Crippen molar-refractivity contribution in [2.24, 2.45) is 5.73 Å². The Labute approximate surface area is 123 Å². The minimum Gasteiger partial charge on any atom is -0.366 e. The number of hydrogen-bond donors (Lipinski definition) is 2. The number of nitrogens with zero attached hydrogens (tertiary/aromatic N) is 2. The molecule has 0 spiro atoms. The largest absolute Gasteiger partial charge is 0.366 e. The van der Waals surface area contributed by atoms with Gasteiger partial charge >= 0.3 is 0 Å². The highest BCUT2D eigenvalue weighted by molar-refractivity contribution is 5.92. The number of benzene rings is 1. The Morgan fingerprint density at radius 1 is 1.48 bits per heavy atom. The van der Waals surface area contributed by atoms with Crippen molar-refractivity contribution in [3.05, 3.63) is 53.4 Å². The molecule has 0 fully saturated rings. The van der Waals surface area contributed by atoms with E-state index in [1.165, 1.54) is 12.1 Å². The highest BCUT2D eigenvalue weighted by atomic mass is 19.1. The van der Waals surface area contributed by atoms with Gasteiger partial charge in [-0.15, -0.1) is 0 Å². The van der Waals surface area contributed by atoms with Crippen LogP contribution in [0.15, 0.2) is 30.7 Å². The second kappa shape index (κ2) is 6.99. The average molecular weight is 290 g/mol. The van der Waals surface area contributed by atoms with E-state index < -0.39 is 11.7 Å². The van der Waals surface area contributed by atoms with Gasteiger partial charge in [0, 0.05) is 30.3 Å². The van der Waals surface area contributed by atoms with E-state index in [0.29, 0.717) is 12.1 Å². The lowest BCUT2D eigenvalue weighted by atomic mass is 10.1. The van der Waals surface area contributed by atoms with Crippen LogP contribution in [0.25, 0.3) is 0 Å². The predicted molar refractivity (Wildman–Crippen MR) is 78.5 cm³/mol. The van der Waals surface area contributed by atoms with E-state index >= 15 is 0 Å². The summed E-state index contributed by atoms with van der Waals surface area (Å²) >= 11 is 0. The summed E-state index contributed by atoms with van der Waals surface area (Å²) in [4.78, 5) is 15.3. The van der Waals surface area contributed by atoms with Gasteiger partial charge in [0.05, 0.1) is 18.6 Å². The molecule has 3 N–H and O–H groups in total. The number of aromatic nitrogens is 2. The molecule has 2 aromatic rings. The third kappa shape index (κ3) is 4.13. The first kappa shape index (κ1) is 15.2. The van der Waals surface area contributed by atoms with Crippen LogP contribution < -0.4 is 11.1 Å². The van der Waals surface area contributed by atoms with Gasteiger partial charge in [0.2, 0.25) is 5.91 Å². The predicted octanol–water partition coefficient (Wildman–Crippen LogP) is 1.32. The first-order chi connectivity index (χ1) is 10.1. The number of amides is 1. The van der Waals surface area contributed by atoms with E-state index in [1.807, 2.05) is 10.8 Å². The van der Waals surface area contributed by atoms with Crippen molar-refractivity contribution < 1.29 is 9.18 Å². The molecule has 0 bridgehead atoms. The highest BCUT2D eigenvalue weighted by Gasteiger charge is 2.08. The van der Waals surface area contributed by atoms with Crippen molar-refractivity contribution in [2.45, 2.75) is 19.9 Å². The van der Waals surface area contributed by atoms with Gasteiger partial charge in [0.1, 0.15) is 5.82 Å². The van der Waals surface area contributed by atoms with Gasteiger partial charge in [-0.3, -0.25) is 4.79 Å². The first-order valence-electron chi connectivity index (χ1n) is 6.89. The molecule has 0 aliphatic rings. The van der Waals surface area contributed by atoms with E-state index in [1.54, 1.807) is 12.4 Å². The van der Waals surface area contributed by atoms with Crippen LogP contribution >= 0.6 is 0 Å². The molecule has 5 nitrogen and oxygen atoms in total. The van der Waals surface area contributed by atoms with Gasteiger partial charge in [-0.25, -0.2) is 9.37 Å². The lowest BCUT2D eigenvalue weighted by molar-refractivity contribution is 0.1000. The second-order valence-corrected chi connectivity index (χ2v) is 4.81. The zero-order valence-corrected chi connectivity index (χ0v) is 12.0. The van der Waals surface area contributed by atoms with Gasteiger partial charge in [0.15, 0.2) is 0 Å². The topological polar surface area (TPSA) is 72.9 Å². The first-order valence-corrected chi connectivity index (χ1v) is 6.89. The number of rotatable bonds is 7. The van der Waals surface area contributed by atoms with Gasteiger partial charge in [-0.2, -0.15) is 0 Å². The van der Waals surface area contributed by atoms with Crippen molar-refractivity contribution in [1.82, 2.24) is 14.9 Å². The molecular formula is C15H19FN4O. The smallest absolute Gasteiger partial charge is 0.248 e. The molecule has 0 unspecified atom stereocenters. The van der Waals surface area contributed by atoms with E-state index in [2.05, 4.69) is 17.2 Å². The van der Waals surface area contributed by atoms with E-state index in [4.69, 9.17) is 5.73 Å². The fourth-order valence-corrected chi connectivity index (χ4v) is 2.04. The Morgan fingerprint density at radius 2 is 2.29 bits per heavy atom. The average Bonchev–Trinajstić information content (AvgIpc) is 2.89. The molecule has 0 aliphatic heterocycles. The molecule has 1 aromatic carbocycles. The molecule has 1 amide bonds. The molecule has 1 aromatic heterocycles. The molecule has 0 saturated carbocycles. The molecule has 21 heavy (non-hydrogen) atoms. The lowest BCUT2D eigenvalue weighted by Crippen LogP contribution is -2.16. The van der Waals surface area contributed by atoms with Crippen LogP contribution in [0.2, 0.25) is 0 Å². The molecule has 112 valence electrons. The van der Waals surface area contributed by atoms with Crippen molar-refractivity contribution in [2.75, 3.05) is 13.1 Å². The SMILES string of the molecule is CCNCCc1cn(Cc2ccc(C(N)=O)cc2F)cn1. The van der Waals surface area contributed by atoms with E-state index in [0.717, 1.165) is 25.2 Å². The maximum absolute atomic E-state index is 13.9. The Morgan fingerprint density at radius 3 is 2.95 bits per heavy atom. The minimum absolute atomic E-state index is 0.174. The molecule has 1 heterocycles. The Bertz CT molecular complexity index is 624. The van der Waals surface area contributed by atoms with Crippen molar-refractivity contribution in [3.63, 3.8) is 0 Å². The van der Waals surface area contributed by atoms with Crippen molar-refractivity contribution in [1.29, 1.82) is 0 Å². The monoisotopic (exact) mass is 290 g/mol. The lowest BCUT2D eigenvalue weighted by Gasteiger charge is -2.05. The molecule has 0 atom stereocenters. The number of likely N-dealkylation sites (N-methyl/N-ethyl adjacent to an activating group) is 1. The van der Waals surface area contributed by atoms with Crippen LogP contribution in [0.5, 0.6) is 0 Å². The number of primary amides is 1. The maximum Gasteiger partial charge on any atom is 0.248 e. The van der Waals surface area contributed by atoms with Crippen molar-refractivity contribution >= 4 is 5.91 Å². The number of nitrogens with one attached hydrogen (secondary N) is 1. The summed E-state index contributed by atoms with van der Waals surface area (Å²) in [6.45, 7) is 4.23. The zero-order valence-electron chi connectivity index (χ0n) is 12.0. The van der Waals surface area contributed by atoms with Crippen LogP contribution in [0.3, 0.4) is 0 Å². The quantitative estimate of drug-likeness (QED) is 0.755. The van der Waals surface area contributed by atoms with Crippen LogP contribution in [0, 0.1) is 5.82 Å². The number of nitrogens with two attached hydrogens (primary N) is 1. The molecule has 0 aliphatic carbocycles. The highest BCUT2D eigenvalue weighted by Crippen LogP contribution is 2.12. The number of hydrogen-bond acceptors (Lipinski definition) is 3. The van der Waals surface area contributed by atoms with Crippen molar-refractivity contribution in [3.8, 4) is 0 Å². The Hall–Kier alpha value is -2.21. The maximum atomic E-state index is 13.9. The normalized spacial score (nSPS) is 10.8. The van der Waals surface area contributed by atoms with Crippen LogP contribution in [-0.2, 0) is 13.0 Å². The van der Waals surface area contributed by atoms with E-state index in [9.17, 15) is 9.18 Å². The van der Waals surface area contributed by atoms with Gasteiger partial charge < -0.3 is 15.6 Å². The Kier molecular flexibility index (Phi) is 5.05. The molecule has 6 heteroatoms. The molecule has 0 saturated heterocycles. The third-order valence-electron chi connectivity index (χ3n) is 3.19. The third-order valence-corrected chi connectivity index (χ3v) is 3.19. The number of imidazole rings is 1. The van der Waals surface area contributed by atoms with Gasteiger partial charge in [-0.05, 0) is 18.7 Å². The number of halogens is 1. The fourth-order valence-electron chi connectivity index (χ4n) is 2.04. The standard InChI is InChI=1S/C15H19FN4O/c1-2-18-6-5-13-9-20(10-19-13)8-12-4-3-11(15(17)21)7-14(12)16/h3-4,7,9-10,18H,2,5-6,8H2,1H3,(H2,17,21). The summed E-state index contributed by atoms with van der Waals surface area (Å²) in [5.74, 6) is -1.07. The van der Waals surface area contributed by atoms with Gasteiger partial charge in [0.25, 0.3) is 0 Å². The summed E-state index contributed by atoms with van der Waals surface area (Å²) in [7, 11) is 0. The van der Waals surface area contributed by atoms with E-state index in [-0.39, 0.29) is 5.56 Å². The summed E-state index contributed by atoms with van der Waals surface area (Å²) in [5.41, 5.74) is 6.75. The van der Waals surface area contributed by atoms with Crippen LogP contribution in [0.4, 0.5) is 4.39 Å². The number of carbonyl (C=O) groups is 1. The summed E-state index contributed by atoms with van der Waals surface area (Å²) in [5, 5.41) is 3.23.